The van der Waals surface area contributed by atoms with Crippen LogP contribution < -0.4 is 5.32 Å². The van der Waals surface area contributed by atoms with E-state index >= 15 is 0 Å². The largest absolute Gasteiger partial charge is 0.461 e. The summed E-state index contributed by atoms with van der Waals surface area (Å²) in [5, 5.41) is 15.5. The molecule has 0 aliphatic carbocycles. The number of nitrogens with zero attached hydrogens (tertiary/aromatic N) is 4. The van der Waals surface area contributed by atoms with Crippen LogP contribution in [0.5, 0.6) is 0 Å². The molecule has 8 nitrogen and oxygen atoms in total. The lowest BCUT2D eigenvalue weighted by atomic mass is 10.4. The first-order chi connectivity index (χ1) is 12.2. The van der Waals surface area contributed by atoms with Crippen molar-refractivity contribution in [2.75, 3.05) is 11.1 Å². The minimum Gasteiger partial charge on any atom is -0.461 e. The van der Waals surface area contributed by atoms with Gasteiger partial charge in [0.1, 0.15) is 5.76 Å². The van der Waals surface area contributed by atoms with E-state index in [1.807, 2.05) is 10.6 Å². The Hall–Kier alpha value is -2.81. The first kappa shape index (κ1) is 17.0. The zero-order valence-electron chi connectivity index (χ0n) is 13.6. The molecule has 0 atom stereocenters. The number of amides is 1. The van der Waals surface area contributed by atoms with E-state index in [-0.39, 0.29) is 5.91 Å². The lowest BCUT2D eigenvalue weighted by Gasteiger charge is -2.06. The number of carbonyl (C=O) groups is 1. The first-order valence-electron chi connectivity index (χ1n) is 7.61. The minimum absolute atomic E-state index is 0.137. The molecule has 3 rings (SSSR count). The fourth-order valence-corrected chi connectivity index (χ4v) is 3.03. The maximum absolute atomic E-state index is 11.9. The van der Waals surface area contributed by atoms with Gasteiger partial charge in [-0.1, -0.05) is 23.0 Å². The van der Waals surface area contributed by atoms with Crippen molar-refractivity contribution in [2.45, 2.75) is 25.0 Å². The highest BCUT2D eigenvalue weighted by Crippen LogP contribution is 2.24. The summed E-state index contributed by atoms with van der Waals surface area (Å²) in [5.41, 5.74) is 0. The third kappa shape index (κ3) is 4.18. The van der Waals surface area contributed by atoms with Crippen molar-refractivity contribution in [3.63, 3.8) is 0 Å². The number of carbonyl (C=O) groups excluding carboxylic acids is 1. The van der Waals surface area contributed by atoms with Gasteiger partial charge in [-0.25, -0.2) is 0 Å². The second-order valence-electron chi connectivity index (χ2n) is 5.15. The predicted octanol–water partition coefficient (Wildman–Crippen LogP) is 3.14. The van der Waals surface area contributed by atoms with Crippen LogP contribution in [0.4, 0.5) is 5.82 Å². The van der Waals surface area contributed by atoms with Crippen LogP contribution in [0.2, 0.25) is 0 Å². The van der Waals surface area contributed by atoms with Gasteiger partial charge in [0.05, 0.1) is 6.26 Å². The lowest BCUT2D eigenvalue weighted by molar-refractivity contribution is -0.115. The maximum atomic E-state index is 11.9. The molecule has 130 valence electrons. The monoisotopic (exact) mass is 359 g/mol. The number of rotatable bonds is 8. The van der Waals surface area contributed by atoms with Crippen LogP contribution in [0.15, 0.2) is 51.2 Å². The van der Waals surface area contributed by atoms with E-state index in [9.17, 15) is 4.79 Å². The van der Waals surface area contributed by atoms with Gasteiger partial charge in [-0.15, -0.1) is 16.8 Å². The van der Waals surface area contributed by atoms with Gasteiger partial charge in [0, 0.05) is 24.8 Å². The average molecular weight is 359 g/mol. The second kappa shape index (κ2) is 7.84. The van der Waals surface area contributed by atoms with Crippen LogP contribution >= 0.6 is 11.8 Å². The van der Waals surface area contributed by atoms with Crippen molar-refractivity contribution in [2.24, 2.45) is 0 Å². The van der Waals surface area contributed by atoms with Gasteiger partial charge in [0.15, 0.2) is 16.7 Å². The Balaban J connectivity index is 1.59. The van der Waals surface area contributed by atoms with Crippen LogP contribution in [0.3, 0.4) is 0 Å². The summed E-state index contributed by atoms with van der Waals surface area (Å²) >= 11 is 1.44. The summed E-state index contributed by atoms with van der Waals surface area (Å²) in [4.78, 5) is 11.9. The van der Waals surface area contributed by atoms with E-state index in [0.29, 0.717) is 47.0 Å². The number of anilines is 1. The quantitative estimate of drug-likeness (QED) is 0.487. The Kier molecular flexibility index (Phi) is 5.34. The van der Waals surface area contributed by atoms with E-state index in [4.69, 9.17) is 8.94 Å². The highest BCUT2D eigenvalue weighted by atomic mass is 32.2. The standard InChI is InChI=1S/C16H17N5O3S/c1-3-7-21-15(12-5-4-8-23-12)18-19-16(21)25-9-6-14(22)17-13-10-11(2)24-20-13/h3-5,8,10H,1,6-7,9H2,2H3,(H,17,20,22). The second-order valence-corrected chi connectivity index (χ2v) is 6.21. The van der Waals surface area contributed by atoms with Gasteiger partial charge in [-0.3, -0.25) is 9.36 Å². The summed E-state index contributed by atoms with van der Waals surface area (Å²) in [6.45, 7) is 6.08. The van der Waals surface area contributed by atoms with Crippen molar-refractivity contribution < 1.29 is 13.7 Å². The normalized spacial score (nSPS) is 10.8. The summed E-state index contributed by atoms with van der Waals surface area (Å²) in [5.74, 6) is 2.75. The molecule has 3 heterocycles. The van der Waals surface area contributed by atoms with Crippen LogP contribution in [0, 0.1) is 6.92 Å². The van der Waals surface area contributed by atoms with E-state index in [1.165, 1.54) is 11.8 Å². The zero-order chi connectivity index (χ0) is 17.6. The topological polar surface area (TPSA) is 99.0 Å². The SMILES string of the molecule is C=CCn1c(SCCC(=O)Nc2cc(C)on2)nnc1-c1ccco1. The maximum Gasteiger partial charge on any atom is 0.226 e. The molecule has 1 amide bonds. The highest BCUT2D eigenvalue weighted by molar-refractivity contribution is 7.99. The number of aromatic nitrogens is 4. The van der Waals surface area contributed by atoms with Gasteiger partial charge in [-0.2, -0.15) is 0 Å². The number of thioether (sulfide) groups is 1. The van der Waals surface area contributed by atoms with E-state index < -0.39 is 0 Å². The molecule has 3 aromatic heterocycles. The van der Waals surface area contributed by atoms with Crippen molar-refractivity contribution in [1.29, 1.82) is 0 Å². The van der Waals surface area contributed by atoms with E-state index in [2.05, 4.69) is 27.2 Å². The number of furan rings is 1. The Morgan fingerprint density at radius 1 is 1.48 bits per heavy atom. The predicted molar refractivity (Wildman–Crippen MR) is 93.1 cm³/mol. The Morgan fingerprint density at radius 3 is 3.04 bits per heavy atom. The van der Waals surface area contributed by atoms with Crippen LogP contribution in [-0.4, -0.2) is 31.6 Å². The molecular formula is C16H17N5O3S. The van der Waals surface area contributed by atoms with Gasteiger partial charge < -0.3 is 14.3 Å². The fraction of sp³-hybridized carbons (Fsp3) is 0.250. The molecule has 0 saturated carbocycles. The van der Waals surface area contributed by atoms with Crippen LogP contribution in [0.25, 0.3) is 11.6 Å². The smallest absolute Gasteiger partial charge is 0.226 e. The molecular weight excluding hydrogens is 342 g/mol. The van der Waals surface area contributed by atoms with E-state index in [1.54, 1.807) is 31.4 Å². The average Bonchev–Trinajstić information content (AvgIpc) is 3.30. The number of aryl methyl sites for hydroxylation is 1. The van der Waals surface area contributed by atoms with Gasteiger partial charge in [-0.05, 0) is 19.1 Å². The Bertz CT molecular complexity index is 853. The molecule has 0 radical (unpaired) electrons. The molecule has 1 N–H and O–H groups in total. The summed E-state index contributed by atoms with van der Waals surface area (Å²) in [6.07, 6.45) is 3.66. The fourth-order valence-electron chi connectivity index (χ4n) is 2.14. The minimum atomic E-state index is -0.137. The molecule has 0 unspecified atom stereocenters. The molecule has 0 fully saturated rings. The molecule has 0 bridgehead atoms. The van der Waals surface area contributed by atoms with Crippen molar-refractivity contribution in [1.82, 2.24) is 19.9 Å². The van der Waals surface area contributed by atoms with Crippen LogP contribution in [0.1, 0.15) is 12.2 Å². The summed E-state index contributed by atoms with van der Waals surface area (Å²) in [6, 6.07) is 5.29. The molecule has 9 heteroatoms. The Morgan fingerprint density at radius 2 is 2.36 bits per heavy atom. The summed E-state index contributed by atoms with van der Waals surface area (Å²) in [7, 11) is 0. The van der Waals surface area contributed by atoms with Gasteiger partial charge in [0.2, 0.25) is 11.7 Å². The molecule has 0 aliphatic rings. The molecule has 0 aliphatic heterocycles. The molecule has 3 aromatic rings. The number of hydrogen-bond acceptors (Lipinski definition) is 7. The number of nitrogens with one attached hydrogen (secondary N) is 1. The van der Waals surface area contributed by atoms with Crippen LogP contribution in [-0.2, 0) is 11.3 Å². The Labute approximate surface area is 148 Å². The van der Waals surface area contributed by atoms with Gasteiger partial charge in [0.25, 0.3) is 0 Å². The first-order valence-corrected chi connectivity index (χ1v) is 8.60. The highest BCUT2D eigenvalue weighted by Gasteiger charge is 2.16. The summed E-state index contributed by atoms with van der Waals surface area (Å²) < 4.78 is 12.2. The molecule has 0 aromatic carbocycles. The van der Waals surface area contributed by atoms with E-state index in [0.717, 1.165) is 0 Å². The van der Waals surface area contributed by atoms with Crippen molar-refractivity contribution in [3.8, 4) is 11.6 Å². The number of allylic oxidation sites excluding steroid dienone is 1. The molecule has 0 saturated heterocycles. The zero-order valence-corrected chi connectivity index (χ0v) is 14.5. The third-order valence-corrected chi connectivity index (χ3v) is 4.19. The molecule has 0 spiro atoms. The lowest BCUT2D eigenvalue weighted by Crippen LogP contribution is -2.12. The number of hydrogen-bond donors (Lipinski definition) is 1. The third-order valence-electron chi connectivity index (χ3n) is 3.23. The molecule has 25 heavy (non-hydrogen) atoms. The van der Waals surface area contributed by atoms with Crippen molar-refractivity contribution >= 4 is 23.5 Å². The van der Waals surface area contributed by atoms with Crippen molar-refractivity contribution in [3.05, 3.63) is 42.9 Å². The van der Waals surface area contributed by atoms with Gasteiger partial charge >= 0.3 is 0 Å².